The van der Waals surface area contributed by atoms with Gasteiger partial charge in [0.05, 0.1) is 26.4 Å². The van der Waals surface area contributed by atoms with Crippen molar-refractivity contribution >= 4 is 23.3 Å². The summed E-state index contributed by atoms with van der Waals surface area (Å²) in [6.07, 6.45) is 10.3. The second-order valence-corrected chi connectivity index (χ2v) is 16.4. The molecule has 0 amide bonds. The highest BCUT2D eigenvalue weighted by atomic mass is 16.5. The van der Waals surface area contributed by atoms with E-state index in [-0.39, 0.29) is 23.3 Å². The summed E-state index contributed by atoms with van der Waals surface area (Å²) in [7, 11) is 0. The molecular formula is C49H68N10O4. The van der Waals surface area contributed by atoms with Crippen LogP contribution in [0.15, 0.2) is 97.1 Å². The van der Waals surface area contributed by atoms with E-state index in [0.717, 1.165) is 124 Å². The molecule has 63 heavy (non-hydrogen) atoms. The minimum absolute atomic E-state index is 0.0739. The predicted octanol–water partition coefficient (Wildman–Crippen LogP) is 6.80. The van der Waals surface area contributed by atoms with Gasteiger partial charge in [-0.05, 0) is 193 Å². The number of amidine groups is 4. The molecule has 14 nitrogen and oxygen atoms in total. The maximum atomic E-state index is 7.42. The summed E-state index contributed by atoms with van der Waals surface area (Å²) < 4.78 is 23.3. The van der Waals surface area contributed by atoms with Crippen molar-refractivity contribution in [2.75, 3.05) is 65.7 Å². The molecule has 0 atom stereocenters. The minimum Gasteiger partial charge on any atom is -0.494 e. The van der Waals surface area contributed by atoms with Crippen molar-refractivity contribution in [1.82, 2.24) is 9.80 Å². The Hall–Kier alpha value is -6.12. The monoisotopic (exact) mass is 861 g/mol. The van der Waals surface area contributed by atoms with E-state index in [9.17, 15) is 0 Å². The highest BCUT2D eigenvalue weighted by Gasteiger charge is 2.20. The lowest BCUT2D eigenvalue weighted by atomic mass is 9.92. The van der Waals surface area contributed by atoms with E-state index < -0.39 is 0 Å². The van der Waals surface area contributed by atoms with Crippen LogP contribution in [-0.2, 0) is 0 Å². The van der Waals surface area contributed by atoms with Gasteiger partial charge in [-0.1, -0.05) is 0 Å². The molecule has 0 aromatic heterocycles. The minimum atomic E-state index is 0.0739. The van der Waals surface area contributed by atoms with Crippen LogP contribution in [0.5, 0.6) is 23.0 Å². The number of nitrogen functional groups attached to an aromatic ring is 4. The Balaban J connectivity index is 0.000000238. The van der Waals surface area contributed by atoms with Gasteiger partial charge in [0, 0.05) is 35.3 Å². The first-order valence-electron chi connectivity index (χ1n) is 22.3. The third-order valence-corrected chi connectivity index (χ3v) is 11.7. The molecule has 14 heteroatoms. The standard InChI is InChI=1S/C25H35N5O2.C24H33N5O2/c26-24(27)20-4-8-22(9-5-20)31-17-1-3-19-12-15-30(16-13-19)14-2-18-32-23-10-6-21(7-11-23)25(28)29;25-23(26)19-2-6-21(7-3-19)30-16-1-13-29-14-10-18(11-15-29)12-17-31-22-8-4-20(5-9-22)24(27)28/h4-11,19H,1-3,12-18H2,(H3,26,27)(H3,28,29);2-9,18H,1,10-17H2,(H3,25,26)(H3,27,28). The maximum Gasteiger partial charge on any atom is 0.122 e. The normalized spacial score (nSPS) is 14.8. The Bertz CT molecular complexity index is 1920. The average Bonchev–Trinajstić information content (AvgIpc) is 3.30. The third-order valence-electron chi connectivity index (χ3n) is 11.7. The summed E-state index contributed by atoms with van der Waals surface area (Å²) in [5.74, 6) is 5.11. The van der Waals surface area contributed by atoms with Gasteiger partial charge in [-0.25, -0.2) is 0 Å². The number of nitrogens with one attached hydrogen (secondary N) is 4. The summed E-state index contributed by atoms with van der Waals surface area (Å²) >= 11 is 0. The van der Waals surface area contributed by atoms with E-state index in [1.807, 2.05) is 97.1 Å². The molecule has 0 saturated carbocycles. The molecule has 6 rings (SSSR count). The van der Waals surface area contributed by atoms with Crippen molar-refractivity contribution in [2.24, 2.45) is 34.8 Å². The zero-order valence-corrected chi connectivity index (χ0v) is 36.7. The fourth-order valence-corrected chi connectivity index (χ4v) is 7.78. The number of hydrogen-bond donors (Lipinski definition) is 8. The first-order valence-corrected chi connectivity index (χ1v) is 22.3. The Morgan fingerprint density at radius 3 is 0.968 bits per heavy atom. The van der Waals surface area contributed by atoms with Gasteiger partial charge < -0.3 is 51.7 Å². The van der Waals surface area contributed by atoms with Crippen LogP contribution in [0.4, 0.5) is 0 Å². The van der Waals surface area contributed by atoms with Crippen molar-refractivity contribution in [2.45, 2.75) is 57.8 Å². The van der Waals surface area contributed by atoms with E-state index in [0.29, 0.717) is 24.7 Å². The van der Waals surface area contributed by atoms with E-state index in [1.165, 1.54) is 32.1 Å². The lowest BCUT2D eigenvalue weighted by Gasteiger charge is -2.32. The zero-order chi connectivity index (χ0) is 44.8. The van der Waals surface area contributed by atoms with Gasteiger partial charge >= 0.3 is 0 Å². The number of hydrogen-bond acceptors (Lipinski definition) is 10. The summed E-state index contributed by atoms with van der Waals surface area (Å²) in [6, 6.07) is 29.5. The smallest absolute Gasteiger partial charge is 0.122 e. The van der Waals surface area contributed by atoms with Crippen LogP contribution in [-0.4, -0.2) is 98.8 Å². The fourth-order valence-electron chi connectivity index (χ4n) is 7.78. The van der Waals surface area contributed by atoms with Gasteiger partial charge in [0.2, 0.25) is 0 Å². The molecule has 2 aliphatic rings. The lowest BCUT2D eigenvalue weighted by molar-refractivity contribution is 0.154. The van der Waals surface area contributed by atoms with Crippen LogP contribution in [0.25, 0.3) is 0 Å². The van der Waals surface area contributed by atoms with Gasteiger partial charge in [-0.15, -0.1) is 0 Å². The van der Waals surface area contributed by atoms with E-state index in [2.05, 4.69) is 9.80 Å². The second-order valence-electron chi connectivity index (χ2n) is 16.4. The molecule has 0 radical (unpaired) electrons. The molecule has 0 unspecified atom stereocenters. The largest absolute Gasteiger partial charge is 0.494 e. The van der Waals surface area contributed by atoms with Crippen LogP contribution >= 0.6 is 0 Å². The molecule has 12 N–H and O–H groups in total. The number of piperidine rings is 2. The molecule has 0 aliphatic carbocycles. The molecule has 338 valence electrons. The molecule has 2 aliphatic heterocycles. The second kappa shape index (κ2) is 25.7. The van der Waals surface area contributed by atoms with Crippen LogP contribution < -0.4 is 41.9 Å². The zero-order valence-electron chi connectivity index (χ0n) is 36.7. The van der Waals surface area contributed by atoms with Gasteiger partial charge in [0.15, 0.2) is 0 Å². The van der Waals surface area contributed by atoms with Gasteiger partial charge in [0.1, 0.15) is 46.3 Å². The molecule has 2 fully saturated rings. The maximum absolute atomic E-state index is 7.42. The fraction of sp³-hybridized carbons (Fsp3) is 0.429. The average molecular weight is 861 g/mol. The molecule has 4 aromatic carbocycles. The topological polar surface area (TPSA) is 243 Å². The third kappa shape index (κ3) is 17.3. The Morgan fingerprint density at radius 1 is 0.397 bits per heavy atom. The Morgan fingerprint density at radius 2 is 0.667 bits per heavy atom. The highest BCUT2D eigenvalue weighted by molar-refractivity contribution is 5.96. The molecule has 2 saturated heterocycles. The number of likely N-dealkylation sites (tertiary alicyclic amines) is 2. The van der Waals surface area contributed by atoms with Crippen molar-refractivity contribution in [1.29, 1.82) is 21.6 Å². The first kappa shape index (κ1) is 47.9. The Labute approximate surface area is 373 Å². The van der Waals surface area contributed by atoms with Crippen molar-refractivity contribution in [3.05, 3.63) is 119 Å². The highest BCUT2D eigenvalue weighted by Crippen LogP contribution is 2.24. The number of rotatable bonds is 23. The molecule has 0 bridgehead atoms. The molecule has 0 spiro atoms. The van der Waals surface area contributed by atoms with Crippen LogP contribution in [0, 0.1) is 33.5 Å². The SMILES string of the molecule is N=C(N)c1ccc(OCCCC2CCN(CCCOc3ccc(C(=N)N)cc3)CC2)cc1.N=C(N)c1ccc(OCCCN2CCC(CCOc3ccc(C(=N)N)cc3)CC2)cc1. The van der Waals surface area contributed by atoms with Crippen molar-refractivity contribution in [3.8, 4) is 23.0 Å². The van der Waals surface area contributed by atoms with Gasteiger partial charge in [0.25, 0.3) is 0 Å². The van der Waals surface area contributed by atoms with Crippen LogP contribution in [0.1, 0.15) is 80.0 Å². The van der Waals surface area contributed by atoms with E-state index in [1.54, 1.807) is 0 Å². The van der Waals surface area contributed by atoms with E-state index >= 15 is 0 Å². The first-order chi connectivity index (χ1) is 30.5. The Kier molecular flexibility index (Phi) is 19.6. The predicted molar refractivity (Wildman–Crippen MR) is 253 cm³/mol. The summed E-state index contributed by atoms with van der Waals surface area (Å²) in [4.78, 5) is 5.05. The quantitative estimate of drug-likeness (QED) is 0.0220. The summed E-state index contributed by atoms with van der Waals surface area (Å²) in [5, 5.41) is 29.7. The van der Waals surface area contributed by atoms with Gasteiger partial charge in [-0.3, -0.25) is 21.6 Å². The summed E-state index contributed by atoms with van der Waals surface area (Å²) in [5.41, 5.74) is 24.8. The van der Waals surface area contributed by atoms with Crippen molar-refractivity contribution < 1.29 is 18.9 Å². The van der Waals surface area contributed by atoms with E-state index in [4.69, 9.17) is 63.5 Å². The number of nitrogens with two attached hydrogens (primary N) is 4. The number of nitrogens with zero attached hydrogens (tertiary/aromatic N) is 2. The molecule has 4 aromatic rings. The van der Waals surface area contributed by atoms with Gasteiger partial charge in [-0.2, -0.15) is 0 Å². The summed E-state index contributed by atoms with van der Waals surface area (Å²) in [6.45, 7) is 9.53. The molecule has 2 heterocycles. The number of ether oxygens (including phenoxy) is 4. The van der Waals surface area contributed by atoms with Crippen LogP contribution in [0.3, 0.4) is 0 Å². The number of benzene rings is 4. The lowest BCUT2D eigenvalue weighted by Crippen LogP contribution is -2.35. The molecular weight excluding hydrogens is 793 g/mol. The van der Waals surface area contributed by atoms with Crippen molar-refractivity contribution in [3.63, 3.8) is 0 Å². The van der Waals surface area contributed by atoms with Crippen LogP contribution in [0.2, 0.25) is 0 Å².